The normalized spacial score (nSPS) is 12.1. The zero-order valence-corrected chi connectivity index (χ0v) is 15.4. The number of carbonyl (C=O) groups excluding carboxylic acids is 4. The Labute approximate surface area is 158 Å². The first-order chi connectivity index (χ1) is 12.9. The number of carbonyl (C=O) groups is 4. The summed E-state index contributed by atoms with van der Waals surface area (Å²) in [5, 5.41) is 0. The molecule has 0 fully saturated rings. The Hall–Kier alpha value is -3.11. The third-order valence-corrected chi connectivity index (χ3v) is 3.54. The molecule has 0 aromatic heterocycles. The van der Waals surface area contributed by atoms with Crippen LogP contribution < -0.4 is 0 Å². The number of ether oxygens (including phenoxy) is 3. The maximum absolute atomic E-state index is 12.8. The number of halogens is 3. The summed E-state index contributed by atoms with van der Waals surface area (Å²) >= 11 is 0. The van der Waals surface area contributed by atoms with Crippen molar-refractivity contribution in [2.45, 2.75) is 32.3 Å². The molecular weight excluding hydrogens is 387 g/mol. The van der Waals surface area contributed by atoms with Gasteiger partial charge in [0.15, 0.2) is 0 Å². The minimum absolute atomic E-state index is 0.0868. The summed E-state index contributed by atoms with van der Waals surface area (Å²) in [4.78, 5) is 48.4. The molecular formula is C17H18F3NO7. The molecule has 0 aliphatic carbocycles. The van der Waals surface area contributed by atoms with Crippen LogP contribution in [0.25, 0.3) is 0 Å². The summed E-state index contributed by atoms with van der Waals surface area (Å²) in [5.74, 6) is -4.19. The first-order valence-electron chi connectivity index (χ1n) is 7.73. The van der Waals surface area contributed by atoms with E-state index in [2.05, 4.69) is 9.47 Å². The van der Waals surface area contributed by atoms with Crippen LogP contribution in [0.2, 0.25) is 0 Å². The van der Waals surface area contributed by atoms with E-state index in [1.165, 1.54) is 0 Å². The SMILES string of the molecule is COC(=O)C(C(=O)OC)N(C(C)=O)C(OC(C)=O)c1ccc(C(F)(F)F)cc1. The highest BCUT2D eigenvalue weighted by molar-refractivity contribution is 6.02. The third kappa shape index (κ3) is 5.44. The van der Waals surface area contributed by atoms with Crippen molar-refractivity contribution < 1.29 is 46.6 Å². The molecule has 0 saturated heterocycles. The van der Waals surface area contributed by atoms with E-state index >= 15 is 0 Å². The van der Waals surface area contributed by atoms with Gasteiger partial charge in [-0.25, -0.2) is 9.59 Å². The van der Waals surface area contributed by atoms with Gasteiger partial charge in [0, 0.05) is 19.4 Å². The Bertz CT molecular complexity index is 730. The maximum Gasteiger partial charge on any atom is 0.416 e. The second-order valence-electron chi connectivity index (χ2n) is 5.46. The summed E-state index contributed by atoms with van der Waals surface area (Å²) in [6.45, 7) is 1.96. The van der Waals surface area contributed by atoms with Gasteiger partial charge in [-0.3, -0.25) is 14.5 Å². The maximum atomic E-state index is 12.8. The minimum atomic E-state index is -4.61. The first kappa shape index (κ1) is 22.9. The number of nitrogens with zero attached hydrogens (tertiary/aromatic N) is 1. The molecule has 0 N–H and O–H groups in total. The predicted molar refractivity (Wildman–Crippen MR) is 86.3 cm³/mol. The fraction of sp³-hybridized carbons (Fsp3) is 0.412. The second-order valence-corrected chi connectivity index (χ2v) is 5.46. The molecule has 0 bridgehead atoms. The smallest absolute Gasteiger partial charge is 0.416 e. The Morgan fingerprint density at radius 2 is 1.39 bits per heavy atom. The number of hydrogen-bond donors (Lipinski definition) is 0. The summed E-state index contributed by atoms with van der Waals surface area (Å²) in [7, 11) is 1.91. The van der Waals surface area contributed by atoms with Gasteiger partial charge in [0.25, 0.3) is 0 Å². The lowest BCUT2D eigenvalue weighted by Gasteiger charge is -2.34. The van der Waals surface area contributed by atoms with E-state index < -0.39 is 47.8 Å². The number of benzene rings is 1. The van der Waals surface area contributed by atoms with Crippen LogP contribution in [-0.4, -0.2) is 49.0 Å². The van der Waals surface area contributed by atoms with Crippen molar-refractivity contribution in [2.75, 3.05) is 14.2 Å². The van der Waals surface area contributed by atoms with Gasteiger partial charge in [-0.05, 0) is 12.1 Å². The number of hydrogen-bond acceptors (Lipinski definition) is 7. The van der Waals surface area contributed by atoms with Crippen molar-refractivity contribution in [1.29, 1.82) is 0 Å². The molecule has 1 aromatic carbocycles. The summed E-state index contributed by atoms with van der Waals surface area (Å²) in [6.07, 6.45) is -6.29. The molecule has 0 saturated carbocycles. The first-order valence-corrected chi connectivity index (χ1v) is 7.73. The molecule has 28 heavy (non-hydrogen) atoms. The molecule has 0 aliphatic heterocycles. The van der Waals surface area contributed by atoms with Crippen LogP contribution >= 0.6 is 0 Å². The second kappa shape index (κ2) is 9.20. The Morgan fingerprint density at radius 3 is 1.71 bits per heavy atom. The van der Waals surface area contributed by atoms with Crippen molar-refractivity contribution in [3.8, 4) is 0 Å². The van der Waals surface area contributed by atoms with Crippen LogP contribution in [0.15, 0.2) is 24.3 Å². The van der Waals surface area contributed by atoms with Crippen LogP contribution in [0.4, 0.5) is 13.2 Å². The Kier molecular flexibility index (Phi) is 7.53. The molecule has 0 radical (unpaired) electrons. The van der Waals surface area contributed by atoms with Gasteiger partial charge in [0.2, 0.25) is 18.2 Å². The van der Waals surface area contributed by atoms with Crippen molar-refractivity contribution in [1.82, 2.24) is 4.90 Å². The lowest BCUT2D eigenvalue weighted by Crippen LogP contribution is -2.52. The summed E-state index contributed by atoms with van der Waals surface area (Å²) in [5.41, 5.74) is -1.07. The van der Waals surface area contributed by atoms with Crippen LogP contribution in [0.5, 0.6) is 0 Å². The third-order valence-electron chi connectivity index (χ3n) is 3.54. The van der Waals surface area contributed by atoms with Gasteiger partial charge in [-0.1, -0.05) is 12.1 Å². The predicted octanol–water partition coefficient (Wildman–Crippen LogP) is 1.83. The highest BCUT2D eigenvalue weighted by Crippen LogP contribution is 2.32. The fourth-order valence-electron chi connectivity index (χ4n) is 2.31. The number of amides is 1. The molecule has 0 aliphatic rings. The van der Waals surface area contributed by atoms with E-state index in [1.807, 2.05) is 0 Å². The van der Waals surface area contributed by atoms with Gasteiger partial charge in [0.05, 0.1) is 19.8 Å². The van der Waals surface area contributed by atoms with Crippen molar-refractivity contribution in [3.05, 3.63) is 35.4 Å². The highest BCUT2D eigenvalue weighted by atomic mass is 19.4. The van der Waals surface area contributed by atoms with Gasteiger partial charge in [-0.15, -0.1) is 0 Å². The molecule has 8 nitrogen and oxygen atoms in total. The molecule has 1 atom stereocenters. The van der Waals surface area contributed by atoms with E-state index in [0.717, 1.165) is 40.2 Å². The molecule has 0 spiro atoms. The van der Waals surface area contributed by atoms with E-state index in [-0.39, 0.29) is 5.56 Å². The Balaban J connectivity index is 3.51. The van der Waals surface area contributed by atoms with Gasteiger partial charge < -0.3 is 14.2 Å². The number of rotatable bonds is 6. The highest BCUT2D eigenvalue weighted by Gasteiger charge is 2.43. The molecule has 11 heteroatoms. The van der Waals surface area contributed by atoms with E-state index in [0.29, 0.717) is 17.0 Å². The molecule has 0 heterocycles. The quantitative estimate of drug-likeness (QED) is 0.308. The van der Waals surface area contributed by atoms with E-state index in [4.69, 9.17) is 4.74 Å². The van der Waals surface area contributed by atoms with Crippen molar-refractivity contribution in [2.24, 2.45) is 0 Å². The lowest BCUT2D eigenvalue weighted by atomic mass is 10.1. The largest absolute Gasteiger partial charge is 0.467 e. The zero-order valence-electron chi connectivity index (χ0n) is 15.4. The van der Waals surface area contributed by atoms with Gasteiger partial charge in [0.1, 0.15) is 0 Å². The Morgan fingerprint density at radius 1 is 0.929 bits per heavy atom. The number of methoxy groups -OCH3 is 2. The van der Waals surface area contributed by atoms with Gasteiger partial charge >= 0.3 is 24.1 Å². The molecule has 154 valence electrons. The summed E-state index contributed by atoms with van der Waals surface area (Å²) in [6, 6.07) is 1.38. The lowest BCUT2D eigenvalue weighted by molar-refractivity contribution is -0.182. The zero-order chi connectivity index (χ0) is 21.6. The van der Waals surface area contributed by atoms with Crippen LogP contribution in [-0.2, 0) is 39.6 Å². The van der Waals surface area contributed by atoms with Crippen LogP contribution in [0.3, 0.4) is 0 Å². The topological polar surface area (TPSA) is 99.2 Å². The van der Waals surface area contributed by atoms with Crippen molar-refractivity contribution >= 4 is 23.8 Å². The van der Waals surface area contributed by atoms with E-state index in [1.54, 1.807) is 0 Å². The minimum Gasteiger partial charge on any atom is -0.467 e. The molecule has 1 aromatic rings. The fourth-order valence-corrected chi connectivity index (χ4v) is 2.31. The number of esters is 3. The average Bonchev–Trinajstić information content (AvgIpc) is 2.62. The summed E-state index contributed by atoms with van der Waals surface area (Å²) < 4.78 is 52.4. The van der Waals surface area contributed by atoms with Crippen molar-refractivity contribution in [3.63, 3.8) is 0 Å². The van der Waals surface area contributed by atoms with Crippen LogP contribution in [0, 0.1) is 0 Å². The monoisotopic (exact) mass is 405 g/mol. The van der Waals surface area contributed by atoms with Gasteiger partial charge in [-0.2, -0.15) is 13.2 Å². The molecule has 1 amide bonds. The number of alkyl halides is 3. The standard InChI is InChI=1S/C17H18F3NO7/c1-9(22)21(13(15(24)26-3)16(25)27-4)14(28-10(2)23)11-5-7-12(8-6-11)17(18,19)20/h5-8,13-14H,1-4H3. The molecule has 1 unspecified atom stereocenters. The van der Waals surface area contributed by atoms with Crippen LogP contribution in [0.1, 0.15) is 31.2 Å². The van der Waals surface area contributed by atoms with E-state index in [9.17, 15) is 32.3 Å². The molecule has 1 rings (SSSR count). The average molecular weight is 405 g/mol.